The standard InChI is InChI=1S/C23H36N4O2/c1-17(2)21-14-19(24-25-21)15-27-11-6-7-20(16-27)26(3)12-10-18-8-9-22(28-4)23(13-18)29-5/h8-9,13-14,17,20H,6-7,10-12,15-16H2,1-5H3,(H,24,25). The van der Waals surface area contributed by atoms with E-state index >= 15 is 0 Å². The molecule has 0 bridgehead atoms. The Bertz CT molecular complexity index is 774. The van der Waals surface area contributed by atoms with Crippen LogP contribution in [0.4, 0.5) is 0 Å². The van der Waals surface area contributed by atoms with Crippen LogP contribution in [-0.4, -0.2) is 66.9 Å². The summed E-state index contributed by atoms with van der Waals surface area (Å²) < 4.78 is 10.8. The third-order valence-electron chi connectivity index (χ3n) is 5.94. The number of hydrogen-bond acceptors (Lipinski definition) is 5. The van der Waals surface area contributed by atoms with Gasteiger partial charge in [-0.2, -0.15) is 5.10 Å². The van der Waals surface area contributed by atoms with Crippen molar-refractivity contribution in [2.45, 2.75) is 51.6 Å². The van der Waals surface area contributed by atoms with Gasteiger partial charge in [0.2, 0.25) is 0 Å². The predicted molar refractivity (Wildman–Crippen MR) is 117 cm³/mol. The molecule has 0 aliphatic carbocycles. The van der Waals surface area contributed by atoms with Gasteiger partial charge in [0.05, 0.1) is 19.9 Å². The van der Waals surface area contributed by atoms with E-state index in [-0.39, 0.29) is 0 Å². The summed E-state index contributed by atoms with van der Waals surface area (Å²) in [6, 6.07) is 9.02. The van der Waals surface area contributed by atoms with Crippen LogP contribution in [0.2, 0.25) is 0 Å². The Labute approximate surface area is 175 Å². The molecule has 160 valence electrons. The molecule has 0 radical (unpaired) electrons. The average molecular weight is 401 g/mol. The van der Waals surface area contributed by atoms with Crippen molar-refractivity contribution < 1.29 is 9.47 Å². The Morgan fingerprint density at radius 3 is 2.69 bits per heavy atom. The van der Waals surface area contributed by atoms with Crippen molar-refractivity contribution in [1.82, 2.24) is 20.0 Å². The van der Waals surface area contributed by atoms with Gasteiger partial charge in [-0.05, 0) is 62.5 Å². The quantitative estimate of drug-likeness (QED) is 0.696. The Morgan fingerprint density at radius 2 is 2.00 bits per heavy atom. The van der Waals surface area contributed by atoms with Crippen LogP contribution in [0.1, 0.15) is 49.6 Å². The van der Waals surface area contributed by atoms with Gasteiger partial charge in [0, 0.05) is 31.4 Å². The molecule has 2 aromatic rings. The smallest absolute Gasteiger partial charge is 0.160 e. The molecule has 6 nitrogen and oxygen atoms in total. The van der Waals surface area contributed by atoms with Crippen molar-refractivity contribution in [2.75, 3.05) is 40.9 Å². The lowest BCUT2D eigenvalue weighted by atomic mass is 10.0. The Balaban J connectivity index is 1.52. The molecular weight excluding hydrogens is 364 g/mol. The van der Waals surface area contributed by atoms with E-state index < -0.39 is 0 Å². The second-order valence-corrected chi connectivity index (χ2v) is 8.42. The van der Waals surface area contributed by atoms with E-state index in [9.17, 15) is 0 Å². The fourth-order valence-electron chi connectivity index (χ4n) is 4.06. The number of H-pyrrole nitrogens is 1. The molecule has 1 fully saturated rings. The van der Waals surface area contributed by atoms with Gasteiger partial charge in [0.15, 0.2) is 11.5 Å². The summed E-state index contributed by atoms with van der Waals surface area (Å²) in [5.41, 5.74) is 3.66. The Morgan fingerprint density at radius 1 is 1.21 bits per heavy atom. The maximum atomic E-state index is 5.43. The Kier molecular flexibility index (Phi) is 7.56. The maximum absolute atomic E-state index is 5.43. The zero-order chi connectivity index (χ0) is 20.8. The second kappa shape index (κ2) is 10.1. The number of piperidine rings is 1. The van der Waals surface area contributed by atoms with E-state index in [0.717, 1.165) is 49.8 Å². The van der Waals surface area contributed by atoms with Crippen LogP contribution in [0.5, 0.6) is 11.5 Å². The van der Waals surface area contributed by atoms with Crippen LogP contribution in [0.3, 0.4) is 0 Å². The van der Waals surface area contributed by atoms with E-state index in [1.54, 1.807) is 14.2 Å². The molecule has 0 amide bonds. The summed E-state index contributed by atoms with van der Waals surface area (Å²) in [5, 5.41) is 7.66. The highest BCUT2D eigenvalue weighted by atomic mass is 16.5. The zero-order valence-corrected chi connectivity index (χ0v) is 18.6. The first-order valence-corrected chi connectivity index (χ1v) is 10.7. The summed E-state index contributed by atoms with van der Waals surface area (Å²) in [4.78, 5) is 5.06. The van der Waals surface area contributed by atoms with E-state index in [4.69, 9.17) is 9.47 Å². The number of rotatable bonds is 9. The van der Waals surface area contributed by atoms with Gasteiger partial charge >= 0.3 is 0 Å². The van der Waals surface area contributed by atoms with Crippen molar-refractivity contribution in [3.63, 3.8) is 0 Å². The largest absolute Gasteiger partial charge is 0.493 e. The molecule has 6 heteroatoms. The normalized spacial score (nSPS) is 17.8. The minimum Gasteiger partial charge on any atom is -0.493 e. The lowest BCUT2D eigenvalue weighted by molar-refractivity contribution is 0.111. The molecule has 1 aliphatic rings. The topological polar surface area (TPSA) is 53.6 Å². The summed E-state index contributed by atoms with van der Waals surface area (Å²) >= 11 is 0. The number of nitrogens with zero attached hydrogens (tertiary/aromatic N) is 3. The molecule has 1 aliphatic heterocycles. The second-order valence-electron chi connectivity index (χ2n) is 8.42. The van der Waals surface area contributed by atoms with Gasteiger partial charge in [0.1, 0.15) is 0 Å². The van der Waals surface area contributed by atoms with E-state index in [1.165, 1.54) is 24.1 Å². The number of hydrogen-bond donors (Lipinski definition) is 1. The monoisotopic (exact) mass is 400 g/mol. The molecule has 3 rings (SSSR count). The summed E-state index contributed by atoms with van der Waals surface area (Å²) in [6.45, 7) is 8.64. The zero-order valence-electron chi connectivity index (χ0n) is 18.6. The summed E-state index contributed by atoms with van der Waals surface area (Å²) in [5.74, 6) is 2.06. The summed E-state index contributed by atoms with van der Waals surface area (Å²) in [6.07, 6.45) is 3.52. The minimum absolute atomic E-state index is 0.469. The van der Waals surface area contributed by atoms with Crippen LogP contribution in [0.15, 0.2) is 24.3 Å². The minimum atomic E-state index is 0.469. The molecule has 1 aromatic heterocycles. The Hall–Kier alpha value is -2.05. The number of likely N-dealkylation sites (N-methyl/N-ethyl adjacent to an activating group) is 1. The van der Waals surface area contributed by atoms with E-state index in [2.05, 4.69) is 59.1 Å². The molecule has 1 N–H and O–H groups in total. The lowest BCUT2D eigenvalue weighted by Gasteiger charge is -2.37. The molecule has 1 atom stereocenters. The van der Waals surface area contributed by atoms with Gasteiger partial charge < -0.3 is 14.4 Å². The predicted octanol–water partition coefficient (Wildman–Crippen LogP) is 3.69. The highest BCUT2D eigenvalue weighted by Crippen LogP contribution is 2.28. The van der Waals surface area contributed by atoms with Crippen molar-refractivity contribution >= 4 is 0 Å². The number of nitrogens with one attached hydrogen (secondary N) is 1. The average Bonchev–Trinajstić information content (AvgIpc) is 3.20. The van der Waals surface area contributed by atoms with Gasteiger partial charge in [-0.25, -0.2) is 0 Å². The van der Waals surface area contributed by atoms with Crippen molar-refractivity contribution in [3.8, 4) is 11.5 Å². The molecule has 1 unspecified atom stereocenters. The molecule has 0 spiro atoms. The van der Waals surface area contributed by atoms with Crippen LogP contribution < -0.4 is 9.47 Å². The molecule has 29 heavy (non-hydrogen) atoms. The highest BCUT2D eigenvalue weighted by Gasteiger charge is 2.23. The van der Waals surface area contributed by atoms with Crippen molar-refractivity contribution in [1.29, 1.82) is 0 Å². The lowest BCUT2D eigenvalue weighted by Crippen LogP contribution is -2.46. The fourth-order valence-corrected chi connectivity index (χ4v) is 4.06. The number of benzene rings is 1. The fraction of sp³-hybridized carbons (Fsp3) is 0.609. The van der Waals surface area contributed by atoms with Crippen LogP contribution in [0, 0.1) is 0 Å². The SMILES string of the molecule is COc1ccc(CCN(C)C2CCCN(Cc3cc(C(C)C)n[nH]3)C2)cc1OC. The van der Waals surface area contributed by atoms with Crippen LogP contribution in [0.25, 0.3) is 0 Å². The van der Waals surface area contributed by atoms with Crippen LogP contribution in [-0.2, 0) is 13.0 Å². The van der Waals surface area contributed by atoms with Gasteiger partial charge in [-0.1, -0.05) is 19.9 Å². The van der Waals surface area contributed by atoms with E-state index in [0.29, 0.717) is 12.0 Å². The maximum Gasteiger partial charge on any atom is 0.160 e. The number of likely N-dealkylation sites (tertiary alicyclic amines) is 1. The molecule has 1 aromatic carbocycles. The first-order valence-electron chi connectivity index (χ1n) is 10.7. The van der Waals surface area contributed by atoms with E-state index in [1.807, 2.05) is 6.07 Å². The molecular formula is C23H36N4O2. The first kappa shape index (κ1) is 21.7. The summed E-state index contributed by atoms with van der Waals surface area (Å²) in [7, 11) is 5.61. The number of ether oxygens (including phenoxy) is 2. The number of methoxy groups -OCH3 is 2. The van der Waals surface area contributed by atoms with Gasteiger partial charge in [-0.3, -0.25) is 10.00 Å². The third-order valence-corrected chi connectivity index (χ3v) is 5.94. The highest BCUT2D eigenvalue weighted by molar-refractivity contribution is 5.42. The molecule has 0 saturated carbocycles. The number of aromatic amines is 1. The van der Waals surface area contributed by atoms with Crippen molar-refractivity contribution in [3.05, 3.63) is 41.2 Å². The van der Waals surface area contributed by atoms with Crippen LogP contribution >= 0.6 is 0 Å². The number of aromatic nitrogens is 2. The molecule has 1 saturated heterocycles. The van der Waals surface area contributed by atoms with Gasteiger partial charge in [-0.15, -0.1) is 0 Å². The first-order chi connectivity index (χ1) is 14.0. The third kappa shape index (κ3) is 5.73. The van der Waals surface area contributed by atoms with Gasteiger partial charge in [0.25, 0.3) is 0 Å². The van der Waals surface area contributed by atoms with Crippen molar-refractivity contribution in [2.24, 2.45) is 0 Å². The molecule has 2 heterocycles.